The van der Waals surface area contributed by atoms with Gasteiger partial charge in [0, 0.05) is 11.1 Å². The van der Waals surface area contributed by atoms with Gasteiger partial charge in [0.05, 0.1) is 19.9 Å². The predicted molar refractivity (Wildman–Crippen MR) is 93.2 cm³/mol. The van der Waals surface area contributed by atoms with Gasteiger partial charge < -0.3 is 9.47 Å². The fourth-order valence-electron chi connectivity index (χ4n) is 2.40. The topological polar surface area (TPSA) is 35.8 Å². The molecule has 0 fully saturated rings. The molecule has 0 aliphatic heterocycles. The number of hydrogen-bond donors (Lipinski definition) is 0. The fourth-order valence-corrected chi connectivity index (χ4v) is 3.28. The summed E-state index contributed by atoms with van der Waals surface area (Å²) in [5.74, 6) is 1.57. The number of thiazole rings is 1. The first-order chi connectivity index (χ1) is 11.2. The third kappa shape index (κ3) is 3.00. The molecule has 0 saturated heterocycles. The van der Waals surface area contributed by atoms with Gasteiger partial charge in [-0.05, 0) is 31.2 Å². The van der Waals surface area contributed by atoms with E-state index < -0.39 is 0 Å². The third-order valence-electron chi connectivity index (χ3n) is 3.51. The molecule has 3 aromatic rings. The molecule has 0 aliphatic carbocycles. The highest BCUT2D eigenvalue weighted by molar-refractivity contribution is 7.07. The molecule has 0 saturated carbocycles. The summed E-state index contributed by atoms with van der Waals surface area (Å²) < 4.78 is 13.0. The molecule has 0 amide bonds. The average molecular weight is 326 g/mol. The molecular weight excluding hydrogens is 308 g/mol. The molecule has 0 bridgehead atoms. The van der Waals surface area contributed by atoms with Gasteiger partial charge >= 0.3 is 0 Å². The number of methoxy groups -OCH3 is 2. The minimum Gasteiger partial charge on any atom is -0.495 e. The Morgan fingerprint density at radius 1 is 0.913 bits per heavy atom. The minimum atomic E-state index is 0.755. The van der Waals surface area contributed by atoms with Crippen LogP contribution >= 0.6 is 11.3 Å². The lowest BCUT2D eigenvalue weighted by Gasteiger charge is -2.11. The molecular formula is C18H18N2O2S. The van der Waals surface area contributed by atoms with E-state index in [1.54, 1.807) is 25.6 Å². The highest BCUT2D eigenvalue weighted by Crippen LogP contribution is 2.27. The Morgan fingerprint density at radius 3 is 2.30 bits per heavy atom. The molecule has 0 atom stereocenters. The summed E-state index contributed by atoms with van der Waals surface area (Å²) in [6.07, 6.45) is 0. The van der Waals surface area contributed by atoms with Crippen LogP contribution in [0.5, 0.6) is 11.5 Å². The Bertz CT molecular complexity index is 880. The second-order valence-corrected chi connectivity index (χ2v) is 5.79. The van der Waals surface area contributed by atoms with Crippen molar-refractivity contribution in [3.8, 4) is 17.2 Å². The molecule has 1 heterocycles. The quantitative estimate of drug-likeness (QED) is 0.724. The Hall–Kier alpha value is -2.53. The van der Waals surface area contributed by atoms with Crippen molar-refractivity contribution in [3.05, 3.63) is 64.4 Å². The van der Waals surface area contributed by atoms with Crippen LogP contribution in [0, 0.1) is 6.92 Å². The zero-order chi connectivity index (χ0) is 16.2. The van der Waals surface area contributed by atoms with Gasteiger partial charge in [-0.2, -0.15) is 0 Å². The highest BCUT2D eigenvalue weighted by Gasteiger charge is 2.10. The van der Waals surface area contributed by atoms with E-state index in [1.165, 1.54) is 0 Å². The van der Waals surface area contributed by atoms with Crippen molar-refractivity contribution >= 4 is 17.0 Å². The molecule has 0 unspecified atom stereocenters. The summed E-state index contributed by atoms with van der Waals surface area (Å²) in [5, 5.41) is 2.08. The van der Waals surface area contributed by atoms with Crippen molar-refractivity contribution in [2.75, 3.05) is 14.2 Å². The van der Waals surface area contributed by atoms with E-state index in [9.17, 15) is 0 Å². The van der Waals surface area contributed by atoms with Crippen LogP contribution in [0.3, 0.4) is 0 Å². The number of aryl methyl sites for hydroxylation is 1. The van der Waals surface area contributed by atoms with Crippen LogP contribution in [0.15, 0.2) is 58.9 Å². The summed E-state index contributed by atoms with van der Waals surface area (Å²) in [6.45, 7) is 2.06. The van der Waals surface area contributed by atoms with E-state index in [1.807, 2.05) is 48.5 Å². The largest absolute Gasteiger partial charge is 0.495 e. The normalized spacial score (nSPS) is 11.5. The van der Waals surface area contributed by atoms with E-state index in [2.05, 4.69) is 16.9 Å². The zero-order valence-corrected chi connectivity index (χ0v) is 14.1. The van der Waals surface area contributed by atoms with E-state index in [-0.39, 0.29) is 0 Å². The van der Waals surface area contributed by atoms with Crippen molar-refractivity contribution in [2.45, 2.75) is 6.92 Å². The Morgan fingerprint density at radius 2 is 1.57 bits per heavy atom. The second kappa shape index (κ2) is 6.71. The Labute approximate surface area is 139 Å². The lowest BCUT2D eigenvalue weighted by Crippen LogP contribution is -2.14. The van der Waals surface area contributed by atoms with Crippen LogP contribution in [0.4, 0.5) is 5.69 Å². The summed E-state index contributed by atoms with van der Waals surface area (Å²) in [5.41, 5.74) is 2.89. The summed E-state index contributed by atoms with van der Waals surface area (Å²) >= 11 is 1.59. The average Bonchev–Trinajstić information content (AvgIpc) is 2.95. The molecule has 0 aliphatic rings. The van der Waals surface area contributed by atoms with Gasteiger partial charge in [0.1, 0.15) is 17.2 Å². The van der Waals surface area contributed by atoms with Crippen molar-refractivity contribution in [3.63, 3.8) is 0 Å². The first kappa shape index (κ1) is 15.4. The zero-order valence-electron chi connectivity index (χ0n) is 13.3. The van der Waals surface area contributed by atoms with Crippen LogP contribution in [-0.4, -0.2) is 18.8 Å². The maximum absolute atomic E-state index is 5.49. The smallest absolute Gasteiger partial charge is 0.195 e. The number of aromatic nitrogens is 1. The highest BCUT2D eigenvalue weighted by atomic mass is 32.1. The molecule has 118 valence electrons. The standard InChI is InChI=1S/C18H18N2O2S/c1-13-12-23-18(19-14-8-4-6-10-16(14)21-2)20(13)15-9-5-7-11-17(15)22-3/h4-12H,1-3H3. The molecule has 2 aromatic carbocycles. The number of nitrogens with zero attached hydrogens (tertiary/aromatic N) is 2. The number of ether oxygens (including phenoxy) is 2. The van der Waals surface area contributed by atoms with Crippen molar-refractivity contribution in [2.24, 2.45) is 4.99 Å². The van der Waals surface area contributed by atoms with Gasteiger partial charge in [-0.3, -0.25) is 4.57 Å². The lowest BCUT2D eigenvalue weighted by molar-refractivity contribution is 0.412. The monoisotopic (exact) mass is 326 g/mol. The molecule has 23 heavy (non-hydrogen) atoms. The molecule has 3 rings (SSSR count). The number of hydrogen-bond acceptors (Lipinski definition) is 4. The van der Waals surface area contributed by atoms with Gasteiger partial charge in [0.2, 0.25) is 0 Å². The van der Waals surface area contributed by atoms with Crippen LogP contribution < -0.4 is 14.3 Å². The summed E-state index contributed by atoms with van der Waals surface area (Å²) in [4.78, 5) is 5.66. The van der Waals surface area contributed by atoms with Crippen LogP contribution in [0.2, 0.25) is 0 Å². The van der Waals surface area contributed by atoms with E-state index in [0.717, 1.165) is 33.4 Å². The predicted octanol–water partition coefficient (Wildman–Crippen LogP) is 4.10. The number of para-hydroxylation sites is 4. The number of rotatable bonds is 4. The van der Waals surface area contributed by atoms with Gasteiger partial charge in [0.25, 0.3) is 0 Å². The summed E-state index contributed by atoms with van der Waals surface area (Å²) in [6, 6.07) is 15.7. The van der Waals surface area contributed by atoms with E-state index in [0.29, 0.717) is 0 Å². The van der Waals surface area contributed by atoms with Gasteiger partial charge in [-0.1, -0.05) is 24.3 Å². The Kier molecular flexibility index (Phi) is 4.48. The van der Waals surface area contributed by atoms with Crippen LogP contribution in [-0.2, 0) is 0 Å². The minimum absolute atomic E-state index is 0.755. The fraction of sp³-hybridized carbons (Fsp3) is 0.167. The number of benzene rings is 2. The molecule has 4 nitrogen and oxygen atoms in total. The molecule has 1 aromatic heterocycles. The van der Waals surface area contributed by atoms with Crippen molar-refractivity contribution in [1.29, 1.82) is 0 Å². The molecule has 5 heteroatoms. The Balaban J connectivity index is 2.22. The first-order valence-electron chi connectivity index (χ1n) is 7.23. The maximum Gasteiger partial charge on any atom is 0.195 e. The van der Waals surface area contributed by atoms with E-state index >= 15 is 0 Å². The molecule has 0 N–H and O–H groups in total. The second-order valence-electron chi connectivity index (χ2n) is 4.95. The SMILES string of the molecule is COc1ccccc1N=c1scc(C)n1-c1ccccc1OC. The summed E-state index contributed by atoms with van der Waals surface area (Å²) in [7, 11) is 3.33. The van der Waals surface area contributed by atoms with Crippen molar-refractivity contribution in [1.82, 2.24) is 4.57 Å². The molecule has 0 radical (unpaired) electrons. The maximum atomic E-state index is 5.49. The van der Waals surface area contributed by atoms with Gasteiger partial charge in [-0.15, -0.1) is 11.3 Å². The first-order valence-corrected chi connectivity index (χ1v) is 8.11. The lowest BCUT2D eigenvalue weighted by atomic mass is 10.3. The molecule has 0 spiro atoms. The van der Waals surface area contributed by atoms with Crippen molar-refractivity contribution < 1.29 is 9.47 Å². The van der Waals surface area contributed by atoms with Gasteiger partial charge in [0.15, 0.2) is 4.80 Å². The van der Waals surface area contributed by atoms with Crippen LogP contribution in [0.1, 0.15) is 5.69 Å². The third-order valence-corrected chi connectivity index (χ3v) is 4.45. The van der Waals surface area contributed by atoms with Crippen LogP contribution in [0.25, 0.3) is 5.69 Å². The van der Waals surface area contributed by atoms with Gasteiger partial charge in [-0.25, -0.2) is 4.99 Å². The van der Waals surface area contributed by atoms with E-state index in [4.69, 9.17) is 14.5 Å².